The molecule has 0 atom stereocenters. The fourth-order valence-electron chi connectivity index (χ4n) is 3.98. The van der Waals surface area contributed by atoms with E-state index < -0.39 is 18.0 Å². The fraction of sp³-hybridized carbons (Fsp3) is 0.160. The molecule has 33 heavy (non-hydrogen) atoms. The Morgan fingerprint density at radius 1 is 1.06 bits per heavy atom. The Labute approximate surface area is 194 Å². The first kappa shape index (κ1) is 22.3. The number of fused-ring (bicyclic) bond motifs is 3. The van der Waals surface area contributed by atoms with Gasteiger partial charge in [0.15, 0.2) is 0 Å². The Bertz CT molecular complexity index is 1220. The molecule has 1 aliphatic rings. The number of carboxylic acids is 1. The van der Waals surface area contributed by atoms with Crippen LogP contribution in [0.1, 0.15) is 42.6 Å². The van der Waals surface area contributed by atoms with Crippen LogP contribution >= 0.6 is 11.3 Å². The van der Waals surface area contributed by atoms with Crippen LogP contribution in [0.3, 0.4) is 0 Å². The van der Waals surface area contributed by atoms with Crippen molar-refractivity contribution in [3.8, 4) is 11.1 Å². The third-order valence-electron chi connectivity index (χ3n) is 5.44. The molecule has 168 valence electrons. The second kappa shape index (κ2) is 9.30. The van der Waals surface area contributed by atoms with Gasteiger partial charge in [0, 0.05) is 5.92 Å². The van der Waals surface area contributed by atoms with Crippen LogP contribution in [0.15, 0.2) is 61.2 Å². The lowest BCUT2D eigenvalue weighted by atomic mass is 9.98. The number of hydrogen-bond donors (Lipinski definition) is 2. The van der Waals surface area contributed by atoms with Gasteiger partial charge in [-0.1, -0.05) is 61.2 Å². The number of anilines is 1. The topological polar surface area (TPSA) is 102 Å². The zero-order valence-corrected chi connectivity index (χ0v) is 18.6. The van der Waals surface area contributed by atoms with Gasteiger partial charge in [0.05, 0.1) is 5.56 Å². The summed E-state index contributed by atoms with van der Waals surface area (Å²) in [5, 5.41) is 12.1. The molecule has 0 fully saturated rings. The van der Waals surface area contributed by atoms with Crippen molar-refractivity contribution in [2.24, 2.45) is 0 Å². The Balaban J connectivity index is 1.51. The number of esters is 1. The highest BCUT2D eigenvalue weighted by atomic mass is 32.1. The third-order valence-corrected chi connectivity index (χ3v) is 6.62. The maximum absolute atomic E-state index is 12.6. The van der Waals surface area contributed by atoms with Crippen LogP contribution in [0.2, 0.25) is 0 Å². The Morgan fingerprint density at radius 3 is 2.24 bits per heavy atom. The number of carbonyl (C=O) groups is 3. The molecule has 1 aliphatic carbocycles. The molecule has 0 saturated heterocycles. The van der Waals surface area contributed by atoms with E-state index in [1.165, 1.54) is 13.0 Å². The van der Waals surface area contributed by atoms with Crippen LogP contribution in [0.5, 0.6) is 0 Å². The van der Waals surface area contributed by atoms with Gasteiger partial charge in [-0.15, -0.1) is 11.3 Å². The number of benzene rings is 2. The average molecular weight is 464 g/mol. The third kappa shape index (κ3) is 4.25. The molecule has 0 bridgehead atoms. The van der Waals surface area contributed by atoms with E-state index in [1.54, 1.807) is 0 Å². The van der Waals surface area contributed by atoms with Gasteiger partial charge in [-0.3, -0.25) is 5.32 Å². The molecule has 0 radical (unpaired) electrons. The Kier molecular flexibility index (Phi) is 6.28. The highest BCUT2D eigenvalue weighted by Crippen LogP contribution is 2.44. The molecule has 4 rings (SSSR count). The van der Waals surface area contributed by atoms with Gasteiger partial charge in [-0.2, -0.15) is 0 Å². The van der Waals surface area contributed by atoms with E-state index in [9.17, 15) is 19.5 Å². The molecule has 8 heteroatoms. The zero-order valence-electron chi connectivity index (χ0n) is 17.8. The van der Waals surface area contributed by atoms with Crippen molar-refractivity contribution in [2.75, 3.05) is 18.5 Å². The van der Waals surface area contributed by atoms with Gasteiger partial charge < -0.3 is 14.6 Å². The lowest BCUT2D eigenvalue weighted by molar-refractivity contribution is 0.0554. The molecular weight excluding hydrogens is 442 g/mol. The molecule has 1 heterocycles. The number of thiophene rings is 1. The van der Waals surface area contributed by atoms with Gasteiger partial charge in [0.1, 0.15) is 23.1 Å². The molecule has 3 aromatic rings. The molecule has 1 aromatic heterocycles. The summed E-state index contributed by atoms with van der Waals surface area (Å²) in [7, 11) is 0. The minimum Gasteiger partial charge on any atom is -0.478 e. The fourth-order valence-corrected chi connectivity index (χ4v) is 5.06. The molecular formula is C25H21NO6S. The molecule has 0 saturated carbocycles. The minimum atomic E-state index is -1.26. The number of carboxylic acid groups (broad SMARTS) is 1. The molecule has 0 spiro atoms. The standard InChI is InChI=1S/C25H21NO6S/c1-3-12-31-24(29)21-14(2)20(23(27)28)22(33-21)26-25(30)32-13-19-17-10-6-4-8-15(17)16-9-5-7-11-18(16)19/h3-11,19H,1,12-13H2,2H3,(H,26,30)(H,27,28). The molecule has 1 amide bonds. The summed E-state index contributed by atoms with van der Waals surface area (Å²) in [5.74, 6) is -2.07. The van der Waals surface area contributed by atoms with Gasteiger partial charge in [-0.25, -0.2) is 14.4 Å². The van der Waals surface area contributed by atoms with Crippen molar-refractivity contribution in [3.05, 3.63) is 88.3 Å². The molecule has 7 nitrogen and oxygen atoms in total. The zero-order chi connectivity index (χ0) is 23.5. The highest BCUT2D eigenvalue weighted by Gasteiger charge is 2.30. The summed E-state index contributed by atoms with van der Waals surface area (Å²) in [6, 6.07) is 15.9. The van der Waals surface area contributed by atoms with E-state index in [0.29, 0.717) is 0 Å². The van der Waals surface area contributed by atoms with Gasteiger partial charge >= 0.3 is 18.0 Å². The second-order valence-corrected chi connectivity index (χ2v) is 8.42. The van der Waals surface area contributed by atoms with E-state index >= 15 is 0 Å². The molecule has 0 aliphatic heterocycles. The van der Waals surface area contributed by atoms with Crippen LogP contribution in [0.25, 0.3) is 11.1 Å². The van der Waals surface area contributed by atoms with Crippen molar-refractivity contribution < 1.29 is 29.0 Å². The van der Waals surface area contributed by atoms with Crippen LogP contribution in [0, 0.1) is 6.92 Å². The first-order valence-corrected chi connectivity index (χ1v) is 11.0. The predicted octanol–water partition coefficient (Wildman–Crippen LogP) is 5.46. The maximum atomic E-state index is 12.6. The van der Waals surface area contributed by atoms with E-state index in [0.717, 1.165) is 33.6 Å². The smallest absolute Gasteiger partial charge is 0.412 e. The number of carbonyl (C=O) groups excluding carboxylic acids is 2. The van der Waals surface area contributed by atoms with E-state index in [1.807, 2.05) is 48.5 Å². The lowest BCUT2D eigenvalue weighted by Crippen LogP contribution is -2.18. The van der Waals surface area contributed by atoms with Crippen LogP contribution < -0.4 is 5.32 Å². The highest BCUT2D eigenvalue weighted by molar-refractivity contribution is 7.18. The van der Waals surface area contributed by atoms with E-state index in [2.05, 4.69) is 11.9 Å². The van der Waals surface area contributed by atoms with Crippen molar-refractivity contribution in [1.29, 1.82) is 0 Å². The predicted molar refractivity (Wildman–Crippen MR) is 125 cm³/mol. The number of rotatable bonds is 7. The summed E-state index contributed by atoms with van der Waals surface area (Å²) >= 11 is 0.835. The summed E-state index contributed by atoms with van der Waals surface area (Å²) in [6.07, 6.45) is 0.612. The summed E-state index contributed by atoms with van der Waals surface area (Å²) in [5.41, 5.74) is 4.39. The maximum Gasteiger partial charge on any atom is 0.412 e. The number of amides is 1. The Hall–Kier alpha value is -3.91. The van der Waals surface area contributed by atoms with Crippen molar-refractivity contribution in [2.45, 2.75) is 12.8 Å². The van der Waals surface area contributed by atoms with E-state index in [4.69, 9.17) is 9.47 Å². The Morgan fingerprint density at radius 2 is 1.67 bits per heavy atom. The van der Waals surface area contributed by atoms with Crippen molar-refractivity contribution in [1.82, 2.24) is 0 Å². The first-order valence-electron chi connectivity index (χ1n) is 10.2. The second-order valence-electron chi connectivity index (χ2n) is 7.40. The number of nitrogens with one attached hydrogen (secondary N) is 1. The summed E-state index contributed by atoms with van der Waals surface area (Å²) < 4.78 is 10.5. The number of ether oxygens (including phenoxy) is 2. The molecule has 2 N–H and O–H groups in total. The van der Waals surface area contributed by atoms with E-state index in [-0.39, 0.29) is 40.1 Å². The number of hydrogen-bond acceptors (Lipinski definition) is 6. The SMILES string of the molecule is C=CCOC(=O)c1sc(NC(=O)OCC2c3ccccc3-c3ccccc32)c(C(=O)O)c1C. The first-order chi connectivity index (χ1) is 15.9. The van der Waals surface area contributed by atoms with Crippen LogP contribution in [-0.4, -0.2) is 36.4 Å². The van der Waals surface area contributed by atoms with Gasteiger partial charge in [0.2, 0.25) is 0 Å². The molecule has 2 aromatic carbocycles. The van der Waals surface area contributed by atoms with Gasteiger partial charge in [0.25, 0.3) is 0 Å². The van der Waals surface area contributed by atoms with Crippen molar-refractivity contribution >= 4 is 34.4 Å². The lowest BCUT2D eigenvalue weighted by Gasteiger charge is -2.14. The average Bonchev–Trinajstić information content (AvgIpc) is 3.30. The van der Waals surface area contributed by atoms with Crippen LogP contribution in [-0.2, 0) is 9.47 Å². The molecule has 0 unspecified atom stereocenters. The summed E-state index contributed by atoms with van der Waals surface area (Å²) in [4.78, 5) is 36.7. The van der Waals surface area contributed by atoms with Gasteiger partial charge in [-0.05, 0) is 34.7 Å². The summed E-state index contributed by atoms with van der Waals surface area (Å²) in [6.45, 7) is 5.05. The quantitative estimate of drug-likeness (QED) is 0.356. The van der Waals surface area contributed by atoms with Crippen LogP contribution in [0.4, 0.5) is 9.80 Å². The minimum absolute atomic E-state index is 0.00623. The monoisotopic (exact) mass is 463 g/mol. The largest absolute Gasteiger partial charge is 0.478 e. The van der Waals surface area contributed by atoms with Crippen molar-refractivity contribution in [3.63, 3.8) is 0 Å². The number of aromatic carboxylic acids is 1. The normalized spacial score (nSPS) is 11.9.